The van der Waals surface area contributed by atoms with Gasteiger partial charge < -0.3 is 20.3 Å². The fourth-order valence-electron chi connectivity index (χ4n) is 1.06. The summed E-state index contributed by atoms with van der Waals surface area (Å²) in [5, 5.41) is 9.56. The third-order valence-electron chi connectivity index (χ3n) is 2.08. The van der Waals surface area contributed by atoms with Gasteiger partial charge in [-0.1, -0.05) is 0 Å². The molecule has 4 nitrogen and oxygen atoms in total. The molecule has 0 radical (unpaired) electrons. The van der Waals surface area contributed by atoms with Crippen molar-refractivity contribution in [2.24, 2.45) is 5.73 Å². The Morgan fingerprint density at radius 2 is 1.86 bits per heavy atom. The van der Waals surface area contributed by atoms with Crippen LogP contribution in [0.5, 0.6) is 0 Å². The maximum Gasteiger partial charge on any atom is 0.0742 e. The van der Waals surface area contributed by atoms with Gasteiger partial charge in [0.2, 0.25) is 0 Å². The molecular formula is C10H23NO3. The first-order valence-electron chi connectivity index (χ1n) is 5.11. The molecule has 0 bridgehead atoms. The van der Waals surface area contributed by atoms with Gasteiger partial charge in [-0.15, -0.1) is 0 Å². The van der Waals surface area contributed by atoms with Crippen LogP contribution in [-0.4, -0.2) is 44.2 Å². The molecule has 0 aromatic carbocycles. The summed E-state index contributed by atoms with van der Waals surface area (Å²) in [6.45, 7) is 4.19. The zero-order valence-corrected chi connectivity index (χ0v) is 9.29. The molecule has 0 fully saturated rings. The van der Waals surface area contributed by atoms with Crippen LogP contribution in [-0.2, 0) is 9.47 Å². The molecule has 0 aliphatic carbocycles. The maximum absolute atomic E-state index is 9.56. The third-order valence-corrected chi connectivity index (χ3v) is 2.08. The zero-order valence-electron chi connectivity index (χ0n) is 9.29. The molecule has 1 atom stereocenters. The molecule has 0 aromatic heterocycles. The first kappa shape index (κ1) is 13.8. The summed E-state index contributed by atoms with van der Waals surface area (Å²) in [6, 6.07) is 0. The van der Waals surface area contributed by atoms with Crippen molar-refractivity contribution in [3.8, 4) is 0 Å². The molecular weight excluding hydrogens is 182 g/mol. The second-order valence-corrected chi connectivity index (χ2v) is 3.76. The van der Waals surface area contributed by atoms with Crippen molar-refractivity contribution in [3.63, 3.8) is 0 Å². The van der Waals surface area contributed by atoms with Gasteiger partial charge in [-0.3, -0.25) is 0 Å². The fraction of sp³-hybridized carbons (Fsp3) is 1.00. The van der Waals surface area contributed by atoms with E-state index < -0.39 is 5.60 Å². The molecule has 0 heterocycles. The van der Waals surface area contributed by atoms with Crippen LogP contribution >= 0.6 is 0 Å². The van der Waals surface area contributed by atoms with Gasteiger partial charge in [-0.05, 0) is 26.2 Å². The van der Waals surface area contributed by atoms with Gasteiger partial charge in [0.15, 0.2) is 0 Å². The van der Waals surface area contributed by atoms with E-state index in [0.29, 0.717) is 19.6 Å². The minimum absolute atomic E-state index is 0.302. The van der Waals surface area contributed by atoms with E-state index in [1.54, 1.807) is 14.0 Å². The molecule has 1 unspecified atom stereocenters. The summed E-state index contributed by atoms with van der Waals surface area (Å²) in [5.74, 6) is 0. The standard InChI is InChI=1S/C10H23NO3/c1-10(12,9-11)5-3-7-14-8-4-6-13-2/h12H,3-9,11H2,1-2H3. The lowest BCUT2D eigenvalue weighted by Crippen LogP contribution is -2.34. The first-order chi connectivity index (χ1) is 6.62. The Morgan fingerprint density at radius 3 is 2.43 bits per heavy atom. The molecule has 0 amide bonds. The quantitative estimate of drug-likeness (QED) is 0.539. The average Bonchev–Trinajstić information content (AvgIpc) is 2.16. The molecule has 0 saturated carbocycles. The average molecular weight is 205 g/mol. The van der Waals surface area contributed by atoms with Crippen LogP contribution in [0.15, 0.2) is 0 Å². The molecule has 14 heavy (non-hydrogen) atoms. The van der Waals surface area contributed by atoms with E-state index >= 15 is 0 Å². The van der Waals surface area contributed by atoms with Crippen LogP contribution in [0.25, 0.3) is 0 Å². The molecule has 4 heteroatoms. The summed E-state index contributed by atoms with van der Waals surface area (Å²) < 4.78 is 10.2. The van der Waals surface area contributed by atoms with Gasteiger partial charge in [0.1, 0.15) is 0 Å². The topological polar surface area (TPSA) is 64.7 Å². The second kappa shape index (κ2) is 8.17. The van der Waals surface area contributed by atoms with Crippen LogP contribution in [0.2, 0.25) is 0 Å². The summed E-state index contributed by atoms with van der Waals surface area (Å²) in [5.41, 5.74) is 4.64. The van der Waals surface area contributed by atoms with Crippen LogP contribution in [0.3, 0.4) is 0 Å². The number of methoxy groups -OCH3 is 1. The van der Waals surface area contributed by atoms with E-state index in [0.717, 1.165) is 26.1 Å². The molecule has 0 aromatic rings. The van der Waals surface area contributed by atoms with Crippen LogP contribution in [0, 0.1) is 0 Å². The predicted molar refractivity (Wildman–Crippen MR) is 56.2 cm³/mol. The Hall–Kier alpha value is -0.160. The number of ether oxygens (including phenoxy) is 2. The highest BCUT2D eigenvalue weighted by atomic mass is 16.5. The first-order valence-corrected chi connectivity index (χ1v) is 5.11. The largest absolute Gasteiger partial charge is 0.389 e. The zero-order chi connectivity index (χ0) is 10.9. The van der Waals surface area contributed by atoms with Crippen molar-refractivity contribution in [1.29, 1.82) is 0 Å². The van der Waals surface area contributed by atoms with Crippen molar-refractivity contribution in [1.82, 2.24) is 0 Å². The number of hydrogen-bond acceptors (Lipinski definition) is 4. The summed E-state index contributed by atoms with van der Waals surface area (Å²) in [4.78, 5) is 0. The fourth-order valence-corrected chi connectivity index (χ4v) is 1.06. The highest BCUT2D eigenvalue weighted by molar-refractivity contribution is 4.72. The van der Waals surface area contributed by atoms with E-state index in [2.05, 4.69) is 0 Å². The van der Waals surface area contributed by atoms with Gasteiger partial charge in [0.05, 0.1) is 5.60 Å². The van der Waals surface area contributed by atoms with Crippen molar-refractivity contribution in [2.45, 2.75) is 31.8 Å². The van der Waals surface area contributed by atoms with E-state index in [9.17, 15) is 5.11 Å². The minimum atomic E-state index is -0.740. The number of rotatable bonds is 9. The number of aliphatic hydroxyl groups is 1. The van der Waals surface area contributed by atoms with Crippen LogP contribution in [0.4, 0.5) is 0 Å². The van der Waals surface area contributed by atoms with Gasteiger partial charge in [-0.25, -0.2) is 0 Å². The second-order valence-electron chi connectivity index (χ2n) is 3.76. The van der Waals surface area contributed by atoms with E-state index in [-0.39, 0.29) is 0 Å². The van der Waals surface area contributed by atoms with Gasteiger partial charge in [0.25, 0.3) is 0 Å². The molecule has 0 spiro atoms. The van der Waals surface area contributed by atoms with Crippen molar-refractivity contribution in [2.75, 3.05) is 33.5 Å². The highest BCUT2D eigenvalue weighted by Gasteiger charge is 2.16. The molecule has 0 rings (SSSR count). The summed E-state index contributed by atoms with van der Waals surface area (Å²) in [6.07, 6.45) is 2.45. The Kier molecular flexibility index (Phi) is 8.08. The van der Waals surface area contributed by atoms with Crippen LogP contribution in [0.1, 0.15) is 26.2 Å². The molecule has 86 valence electrons. The maximum atomic E-state index is 9.56. The van der Waals surface area contributed by atoms with E-state index in [1.807, 2.05) is 0 Å². The molecule has 3 N–H and O–H groups in total. The van der Waals surface area contributed by atoms with Gasteiger partial charge in [-0.2, -0.15) is 0 Å². The number of nitrogens with two attached hydrogens (primary N) is 1. The monoisotopic (exact) mass is 205 g/mol. The Balaban J connectivity index is 3.13. The summed E-state index contributed by atoms with van der Waals surface area (Å²) >= 11 is 0. The third kappa shape index (κ3) is 8.44. The normalized spacial score (nSPS) is 15.4. The molecule has 0 aliphatic rings. The Bertz CT molecular complexity index is 129. The lowest BCUT2D eigenvalue weighted by molar-refractivity contribution is 0.0407. The van der Waals surface area contributed by atoms with Crippen molar-refractivity contribution in [3.05, 3.63) is 0 Å². The lowest BCUT2D eigenvalue weighted by Gasteiger charge is -2.20. The Labute approximate surface area is 86.4 Å². The van der Waals surface area contributed by atoms with Gasteiger partial charge >= 0.3 is 0 Å². The lowest BCUT2D eigenvalue weighted by atomic mass is 10.0. The van der Waals surface area contributed by atoms with Gasteiger partial charge in [0, 0.05) is 33.5 Å². The number of hydrogen-bond donors (Lipinski definition) is 2. The molecule has 0 saturated heterocycles. The predicted octanol–water partition coefficient (Wildman–Crippen LogP) is 0.529. The van der Waals surface area contributed by atoms with Crippen LogP contribution < -0.4 is 5.73 Å². The van der Waals surface area contributed by atoms with E-state index in [4.69, 9.17) is 15.2 Å². The van der Waals surface area contributed by atoms with Crippen molar-refractivity contribution < 1.29 is 14.6 Å². The summed E-state index contributed by atoms with van der Waals surface area (Å²) in [7, 11) is 1.68. The SMILES string of the molecule is COCCCOCCCC(C)(O)CN. The molecule has 0 aliphatic heterocycles. The minimum Gasteiger partial charge on any atom is -0.389 e. The highest BCUT2D eigenvalue weighted by Crippen LogP contribution is 2.09. The Morgan fingerprint density at radius 1 is 1.21 bits per heavy atom. The van der Waals surface area contributed by atoms with Crippen molar-refractivity contribution >= 4 is 0 Å². The van der Waals surface area contributed by atoms with E-state index in [1.165, 1.54) is 0 Å². The smallest absolute Gasteiger partial charge is 0.0742 e.